The molecule has 2 heteroatoms. The molecule has 1 aliphatic rings. The number of hydrogen-bond acceptors (Lipinski definition) is 2. The van der Waals surface area contributed by atoms with Gasteiger partial charge in [0.25, 0.3) is 0 Å². The highest BCUT2D eigenvalue weighted by Gasteiger charge is 2.17. The summed E-state index contributed by atoms with van der Waals surface area (Å²) in [5, 5.41) is 2.42. The van der Waals surface area contributed by atoms with Crippen LogP contribution in [0.4, 0.5) is 0 Å². The number of ketones is 1. The maximum atomic E-state index is 12.3. The van der Waals surface area contributed by atoms with Gasteiger partial charge in [-0.05, 0) is 35.1 Å². The molecule has 2 aromatic carbocycles. The molecule has 2 nitrogen and oxygen atoms in total. The number of carbonyl (C=O) groups excluding carboxylic acids is 1. The van der Waals surface area contributed by atoms with Gasteiger partial charge in [0, 0.05) is 26.1 Å². The Kier molecular flexibility index (Phi) is 4.12. The normalized spacial score (nSPS) is 16.4. The van der Waals surface area contributed by atoms with Gasteiger partial charge in [-0.2, -0.15) is 0 Å². The van der Waals surface area contributed by atoms with Crippen molar-refractivity contribution < 1.29 is 9.53 Å². The van der Waals surface area contributed by atoms with Crippen LogP contribution in [0.5, 0.6) is 0 Å². The molecule has 1 heterocycles. The second kappa shape index (κ2) is 6.19. The molecule has 0 bridgehead atoms. The molecular formula is C18H20O2. The lowest BCUT2D eigenvalue weighted by atomic mass is 9.91. The molecule has 0 saturated carbocycles. The summed E-state index contributed by atoms with van der Waals surface area (Å²) >= 11 is 0. The monoisotopic (exact) mass is 268 g/mol. The Morgan fingerprint density at radius 2 is 1.80 bits per heavy atom. The number of ether oxygens (including phenoxy) is 1. The minimum atomic E-state index is 0.355. The minimum absolute atomic E-state index is 0.355. The molecule has 0 aromatic heterocycles. The molecule has 104 valence electrons. The molecule has 0 unspecified atom stereocenters. The Balaban J connectivity index is 1.71. The predicted octanol–water partition coefficient (Wildman–Crippen LogP) is 3.77. The SMILES string of the molecule is O=C(Cc1cccc2ccccc12)CC1CCOCC1. The summed E-state index contributed by atoms with van der Waals surface area (Å²) in [5.74, 6) is 0.875. The van der Waals surface area contributed by atoms with E-state index in [1.807, 2.05) is 18.2 Å². The van der Waals surface area contributed by atoms with Crippen molar-refractivity contribution in [2.75, 3.05) is 13.2 Å². The first-order valence-electron chi connectivity index (χ1n) is 7.39. The van der Waals surface area contributed by atoms with Gasteiger partial charge in [-0.25, -0.2) is 0 Å². The Bertz CT molecular complexity index is 592. The summed E-state index contributed by atoms with van der Waals surface area (Å²) < 4.78 is 5.35. The summed E-state index contributed by atoms with van der Waals surface area (Å²) in [4.78, 5) is 12.3. The van der Waals surface area contributed by atoms with Crippen molar-refractivity contribution in [2.24, 2.45) is 5.92 Å². The molecular weight excluding hydrogens is 248 g/mol. The fourth-order valence-corrected chi connectivity index (χ4v) is 3.00. The Labute approximate surface area is 119 Å². The van der Waals surface area contributed by atoms with Gasteiger partial charge in [0.05, 0.1) is 0 Å². The third-order valence-corrected chi connectivity index (χ3v) is 4.12. The van der Waals surface area contributed by atoms with E-state index in [2.05, 4.69) is 24.3 Å². The van der Waals surface area contributed by atoms with Crippen molar-refractivity contribution in [1.29, 1.82) is 0 Å². The van der Waals surface area contributed by atoms with Gasteiger partial charge in [0.1, 0.15) is 5.78 Å². The van der Waals surface area contributed by atoms with Gasteiger partial charge < -0.3 is 4.74 Å². The van der Waals surface area contributed by atoms with E-state index in [4.69, 9.17) is 4.74 Å². The Morgan fingerprint density at radius 1 is 1.05 bits per heavy atom. The largest absolute Gasteiger partial charge is 0.381 e. The van der Waals surface area contributed by atoms with Gasteiger partial charge in [0.15, 0.2) is 0 Å². The molecule has 0 radical (unpaired) electrons. The van der Waals surface area contributed by atoms with E-state index < -0.39 is 0 Å². The molecule has 1 aliphatic heterocycles. The smallest absolute Gasteiger partial charge is 0.137 e. The molecule has 0 amide bonds. The fourth-order valence-electron chi connectivity index (χ4n) is 3.00. The van der Waals surface area contributed by atoms with Crippen molar-refractivity contribution in [3.63, 3.8) is 0 Å². The highest BCUT2D eigenvalue weighted by atomic mass is 16.5. The fraction of sp³-hybridized carbons (Fsp3) is 0.389. The molecule has 3 rings (SSSR count). The number of benzene rings is 2. The standard InChI is InChI=1S/C18H20O2/c19-17(12-14-8-10-20-11-9-14)13-16-6-3-5-15-4-1-2-7-18(15)16/h1-7,14H,8-13H2. The maximum Gasteiger partial charge on any atom is 0.137 e. The van der Waals surface area contributed by atoms with Gasteiger partial charge in [-0.15, -0.1) is 0 Å². The summed E-state index contributed by atoms with van der Waals surface area (Å²) in [7, 11) is 0. The summed E-state index contributed by atoms with van der Waals surface area (Å²) in [5.41, 5.74) is 1.15. The van der Waals surface area contributed by atoms with Gasteiger partial charge >= 0.3 is 0 Å². The minimum Gasteiger partial charge on any atom is -0.381 e. The van der Waals surface area contributed by atoms with Crippen LogP contribution in [0.2, 0.25) is 0 Å². The van der Waals surface area contributed by atoms with Crippen LogP contribution in [0.1, 0.15) is 24.8 Å². The number of hydrogen-bond donors (Lipinski definition) is 0. The first-order chi connectivity index (χ1) is 9.83. The highest BCUT2D eigenvalue weighted by Crippen LogP contribution is 2.22. The quantitative estimate of drug-likeness (QED) is 0.843. The van der Waals surface area contributed by atoms with Crippen molar-refractivity contribution in [1.82, 2.24) is 0 Å². The van der Waals surface area contributed by atoms with E-state index in [1.165, 1.54) is 10.8 Å². The van der Waals surface area contributed by atoms with E-state index >= 15 is 0 Å². The lowest BCUT2D eigenvalue weighted by Crippen LogP contribution is -2.19. The van der Waals surface area contributed by atoms with Gasteiger partial charge in [0.2, 0.25) is 0 Å². The lowest BCUT2D eigenvalue weighted by molar-refractivity contribution is -0.119. The summed E-state index contributed by atoms with van der Waals surface area (Å²) in [6.07, 6.45) is 3.31. The molecule has 2 aromatic rings. The lowest BCUT2D eigenvalue weighted by Gasteiger charge is -2.21. The van der Waals surface area contributed by atoms with Crippen LogP contribution in [-0.4, -0.2) is 19.0 Å². The van der Waals surface area contributed by atoms with Crippen LogP contribution in [-0.2, 0) is 16.0 Å². The number of rotatable bonds is 4. The molecule has 20 heavy (non-hydrogen) atoms. The molecule has 1 saturated heterocycles. The zero-order valence-corrected chi connectivity index (χ0v) is 11.7. The van der Waals surface area contributed by atoms with Gasteiger partial charge in [-0.1, -0.05) is 42.5 Å². The third kappa shape index (κ3) is 3.07. The van der Waals surface area contributed by atoms with Crippen LogP contribution in [0.15, 0.2) is 42.5 Å². The number of carbonyl (C=O) groups is 1. The Hall–Kier alpha value is -1.67. The maximum absolute atomic E-state index is 12.3. The van der Waals surface area contributed by atoms with Crippen molar-refractivity contribution >= 4 is 16.6 Å². The van der Waals surface area contributed by atoms with E-state index in [9.17, 15) is 4.79 Å². The average molecular weight is 268 g/mol. The number of fused-ring (bicyclic) bond motifs is 1. The molecule has 1 fully saturated rings. The van der Waals surface area contributed by atoms with Gasteiger partial charge in [-0.3, -0.25) is 4.79 Å². The van der Waals surface area contributed by atoms with E-state index in [0.29, 0.717) is 24.5 Å². The van der Waals surface area contributed by atoms with E-state index in [-0.39, 0.29) is 0 Å². The zero-order valence-electron chi connectivity index (χ0n) is 11.7. The van der Waals surface area contributed by atoms with Crippen LogP contribution in [0, 0.1) is 5.92 Å². The van der Waals surface area contributed by atoms with Crippen LogP contribution in [0.25, 0.3) is 10.8 Å². The molecule has 0 N–H and O–H groups in total. The van der Waals surface area contributed by atoms with E-state index in [1.54, 1.807) is 0 Å². The molecule has 0 spiro atoms. The topological polar surface area (TPSA) is 26.3 Å². The average Bonchev–Trinajstić information content (AvgIpc) is 2.48. The Morgan fingerprint density at radius 3 is 2.65 bits per heavy atom. The van der Waals surface area contributed by atoms with Crippen molar-refractivity contribution in [3.8, 4) is 0 Å². The molecule has 0 atom stereocenters. The molecule has 0 aliphatic carbocycles. The second-order valence-corrected chi connectivity index (χ2v) is 5.61. The van der Waals surface area contributed by atoms with Crippen molar-refractivity contribution in [3.05, 3.63) is 48.0 Å². The second-order valence-electron chi connectivity index (χ2n) is 5.61. The zero-order chi connectivity index (χ0) is 13.8. The third-order valence-electron chi connectivity index (χ3n) is 4.12. The predicted molar refractivity (Wildman–Crippen MR) is 80.8 cm³/mol. The first-order valence-corrected chi connectivity index (χ1v) is 7.39. The number of Topliss-reactive ketones (excluding diaryl/α,β-unsaturated/α-hetero) is 1. The van der Waals surface area contributed by atoms with Crippen LogP contribution >= 0.6 is 0 Å². The summed E-state index contributed by atoms with van der Waals surface area (Å²) in [6.45, 7) is 1.62. The van der Waals surface area contributed by atoms with Crippen molar-refractivity contribution in [2.45, 2.75) is 25.7 Å². The van der Waals surface area contributed by atoms with E-state index in [0.717, 1.165) is 31.6 Å². The van der Waals surface area contributed by atoms with Crippen LogP contribution < -0.4 is 0 Å². The summed E-state index contributed by atoms with van der Waals surface area (Å²) in [6, 6.07) is 14.5. The first kappa shape index (κ1) is 13.3. The highest BCUT2D eigenvalue weighted by molar-refractivity contribution is 5.90. The van der Waals surface area contributed by atoms with Crippen LogP contribution in [0.3, 0.4) is 0 Å².